The first-order valence-electron chi connectivity index (χ1n) is 5.58. The Morgan fingerprint density at radius 3 is 2.50 bits per heavy atom. The van der Waals surface area contributed by atoms with Crippen LogP contribution >= 0.6 is 0 Å². The number of rotatable bonds is 3. The second-order valence-electron chi connectivity index (χ2n) is 4.31. The summed E-state index contributed by atoms with van der Waals surface area (Å²) in [5.41, 5.74) is 6.69. The largest absolute Gasteiger partial charge is 0.399 e. The van der Waals surface area contributed by atoms with Crippen LogP contribution in [0, 0.1) is 0 Å². The lowest BCUT2D eigenvalue weighted by atomic mass is 9.94. The molecule has 0 aliphatic carbocycles. The number of aliphatic hydroxyl groups is 1. The number of hydrogen-bond donors (Lipinski definition) is 3. The van der Waals surface area contributed by atoms with E-state index in [2.05, 4.69) is 5.32 Å². The van der Waals surface area contributed by atoms with Gasteiger partial charge in [0.05, 0.1) is 5.60 Å². The van der Waals surface area contributed by atoms with Gasteiger partial charge in [0.2, 0.25) is 0 Å². The van der Waals surface area contributed by atoms with Gasteiger partial charge in [-0.15, -0.1) is 0 Å². The van der Waals surface area contributed by atoms with Gasteiger partial charge in [0.15, 0.2) is 0 Å². The second-order valence-corrected chi connectivity index (χ2v) is 4.31. The van der Waals surface area contributed by atoms with Crippen LogP contribution in [0.3, 0.4) is 0 Å². The molecule has 0 saturated carbocycles. The van der Waals surface area contributed by atoms with Crippen molar-refractivity contribution < 1.29 is 9.84 Å². The van der Waals surface area contributed by atoms with Crippen LogP contribution in [0.15, 0.2) is 24.3 Å². The molecule has 0 aromatic heterocycles. The third kappa shape index (κ3) is 2.87. The van der Waals surface area contributed by atoms with Gasteiger partial charge in [0.25, 0.3) is 0 Å². The molecule has 0 unspecified atom stereocenters. The number of benzene rings is 1. The highest BCUT2D eigenvalue weighted by molar-refractivity contribution is 5.51. The van der Waals surface area contributed by atoms with Crippen molar-refractivity contribution in [1.29, 1.82) is 0 Å². The highest BCUT2D eigenvalue weighted by Gasteiger charge is 2.29. The molecule has 1 aromatic rings. The summed E-state index contributed by atoms with van der Waals surface area (Å²) in [5.74, 6) is 0. The quantitative estimate of drug-likeness (QED) is 0.673. The van der Waals surface area contributed by atoms with Gasteiger partial charge in [-0.25, -0.2) is 0 Å². The normalized spacial score (nSPS) is 19.3. The molecule has 4 heteroatoms. The minimum absolute atomic E-state index is 0.556. The Bertz CT molecular complexity index is 331. The molecule has 1 aliphatic heterocycles. The Labute approximate surface area is 95.4 Å². The second kappa shape index (κ2) is 4.72. The summed E-state index contributed by atoms with van der Waals surface area (Å²) in [5, 5.41) is 13.4. The summed E-state index contributed by atoms with van der Waals surface area (Å²) >= 11 is 0. The third-order valence-corrected chi connectivity index (χ3v) is 2.96. The lowest BCUT2D eigenvalue weighted by Gasteiger charge is -2.32. The Balaban J connectivity index is 1.88. The minimum atomic E-state index is -0.639. The topological polar surface area (TPSA) is 67.5 Å². The van der Waals surface area contributed by atoms with Gasteiger partial charge in [-0.3, -0.25) is 0 Å². The predicted octanol–water partition coefficient (Wildman–Crippen LogP) is 1.22. The molecule has 2 rings (SSSR count). The number of nitrogens with one attached hydrogen (secondary N) is 1. The van der Waals surface area contributed by atoms with E-state index in [9.17, 15) is 5.11 Å². The van der Waals surface area contributed by atoms with Crippen molar-refractivity contribution in [3.63, 3.8) is 0 Å². The van der Waals surface area contributed by atoms with Crippen molar-refractivity contribution in [3.8, 4) is 0 Å². The van der Waals surface area contributed by atoms with Crippen molar-refractivity contribution in [2.24, 2.45) is 0 Å². The van der Waals surface area contributed by atoms with Crippen LogP contribution in [-0.4, -0.2) is 30.5 Å². The molecule has 0 amide bonds. The SMILES string of the molecule is Nc1ccc(NCC2(O)CCOCC2)cc1. The molecule has 88 valence electrons. The van der Waals surface area contributed by atoms with Gasteiger partial charge in [-0.05, 0) is 24.3 Å². The van der Waals surface area contributed by atoms with E-state index < -0.39 is 5.60 Å². The maximum atomic E-state index is 10.2. The highest BCUT2D eigenvalue weighted by Crippen LogP contribution is 2.21. The first-order chi connectivity index (χ1) is 7.68. The molecule has 0 spiro atoms. The summed E-state index contributed by atoms with van der Waals surface area (Å²) in [6.07, 6.45) is 1.38. The van der Waals surface area contributed by atoms with E-state index in [1.807, 2.05) is 24.3 Å². The molecule has 0 atom stereocenters. The molecule has 16 heavy (non-hydrogen) atoms. The van der Waals surface area contributed by atoms with Crippen molar-refractivity contribution >= 4 is 11.4 Å². The number of hydrogen-bond acceptors (Lipinski definition) is 4. The van der Waals surface area contributed by atoms with Crippen LogP contribution in [-0.2, 0) is 4.74 Å². The number of ether oxygens (including phenoxy) is 1. The average molecular weight is 222 g/mol. The molecule has 4 nitrogen and oxygen atoms in total. The van der Waals surface area contributed by atoms with Crippen LogP contribution < -0.4 is 11.1 Å². The van der Waals surface area contributed by atoms with E-state index in [1.165, 1.54) is 0 Å². The van der Waals surface area contributed by atoms with E-state index in [0.29, 0.717) is 32.6 Å². The molecule has 1 saturated heterocycles. The first-order valence-corrected chi connectivity index (χ1v) is 5.58. The highest BCUT2D eigenvalue weighted by atomic mass is 16.5. The van der Waals surface area contributed by atoms with Gasteiger partial charge >= 0.3 is 0 Å². The molecule has 1 aliphatic rings. The van der Waals surface area contributed by atoms with E-state index in [-0.39, 0.29) is 0 Å². The van der Waals surface area contributed by atoms with Crippen LogP contribution in [0.1, 0.15) is 12.8 Å². The van der Waals surface area contributed by atoms with Crippen molar-refractivity contribution in [2.45, 2.75) is 18.4 Å². The smallest absolute Gasteiger partial charge is 0.0863 e. The fourth-order valence-corrected chi connectivity index (χ4v) is 1.80. The zero-order chi connectivity index (χ0) is 11.4. The van der Waals surface area contributed by atoms with Gasteiger partial charge < -0.3 is 20.9 Å². The minimum Gasteiger partial charge on any atom is -0.399 e. The number of nitrogen functional groups attached to an aromatic ring is 1. The summed E-state index contributed by atoms with van der Waals surface area (Å²) in [7, 11) is 0. The fourth-order valence-electron chi connectivity index (χ4n) is 1.80. The van der Waals surface area contributed by atoms with Gasteiger partial charge in [-0.1, -0.05) is 0 Å². The molecular formula is C12H18N2O2. The molecule has 0 radical (unpaired) electrons. The average Bonchev–Trinajstić information content (AvgIpc) is 2.29. The van der Waals surface area contributed by atoms with Crippen molar-refractivity contribution in [3.05, 3.63) is 24.3 Å². The number of anilines is 2. The lowest BCUT2D eigenvalue weighted by molar-refractivity contribution is -0.0543. The zero-order valence-electron chi connectivity index (χ0n) is 9.28. The van der Waals surface area contributed by atoms with Crippen LogP contribution in [0.25, 0.3) is 0 Å². The van der Waals surface area contributed by atoms with Crippen LogP contribution in [0.5, 0.6) is 0 Å². The summed E-state index contributed by atoms with van der Waals surface area (Å²) in [6.45, 7) is 1.83. The fraction of sp³-hybridized carbons (Fsp3) is 0.500. The monoisotopic (exact) mass is 222 g/mol. The first kappa shape index (κ1) is 11.2. The predicted molar refractivity (Wildman–Crippen MR) is 64.3 cm³/mol. The van der Waals surface area contributed by atoms with Crippen LogP contribution in [0.2, 0.25) is 0 Å². The summed E-state index contributed by atoms with van der Waals surface area (Å²) < 4.78 is 5.23. The van der Waals surface area contributed by atoms with Crippen molar-refractivity contribution in [2.75, 3.05) is 30.8 Å². The Morgan fingerprint density at radius 1 is 1.25 bits per heavy atom. The van der Waals surface area contributed by atoms with E-state index in [0.717, 1.165) is 11.4 Å². The standard InChI is InChI=1S/C12H18N2O2/c13-10-1-3-11(4-2-10)14-9-12(15)5-7-16-8-6-12/h1-4,14-15H,5-9,13H2. The van der Waals surface area contributed by atoms with Gasteiger partial charge in [0.1, 0.15) is 0 Å². The van der Waals surface area contributed by atoms with Crippen LogP contribution in [0.4, 0.5) is 11.4 Å². The van der Waals surface area contributed by atoms with Gasteiger partial charge in [-0.2, -0.15) is 0 Å². The molecular weight excluding hydrogens is 204 g/mol. The summed E-state index contributed by atoms with van der Waals surface area (Å²) in [4.78, 5) is 0. The van der Waals surface area contributed by atoms with E-state index >= 15 is 0 Å². The molecule has 0 bridgehead atoms. The van der Waals surface area contributed by atoms with E-state index in [4.69, 9.17) is 10.5 Å². The van der Waals surface area contributed by atoms with Crippen molar-refractivity contribution in [1.82, 2.24) is 0 Å². The maximum Gasteiger partial charge on any atom is 0.0863 e. The Morgan fingerprint density at radius 2 is 1.88 bits per heavy atom. The number of nitrogens with two attached hydrogens (primary N) is 1. The lowest BCUT2D eigenvalue weighted by Crippen LogP contribution is -2.42. The summed E-state index contributed by atoms with van der Waals surface area (Å²) in [6, 6.07) is 7.52. The van der Waals surface area contributed by atoms with Gasteiger partial charge in [0, 0.05) is 44.0 Å². The Kier molecular flexibility index (Phi) is 3.31. The zero-order valence-corrected chi connectivity index (χ0v) is 9.28. The maximum absolute atomic E-state index is 10.2. The molecule has 1 fully saturated rings. The third-order valence-electron chi connectivity index (χ3n) is 2.96. The molecule has 4 N–H and O–H groups in total. The van der Waals surface area contributed by atoms with E-state index in [1.54, 1.807) is 0 Å². The Hall–Kier alpha value is -1.26. The molecule has 1 aromatic carbocycles. The molecule has 1 heterocycles.